The Bertz CT molecular complexity index is 881. The van der Waals surface area contributed by atoms with Gasteiger partial charge in [0.25, 0.3) is 5.91 Å². The second-order valence-corrected chi connectivity index (χ2v) is 5.29. The van der Waals surface area contributed by atoms with E-state index >= 15 is 0 Å². The predicted molar refractivity (Wildman–Crippen MR) is 95.6 cm³/mol. The summed E-state index contributed by atoms with van der Waals surface area (Å²) >= 11 is 0. The normalized spacial score (nSPS) is 11.2. The maximum atomic E-state index is 12.8. The van der Waals surface area contributed by atoms with Crippen LogP contribution >= 0.6 is 0 Å². The van der Waals surface area contributed by atoms with Gasteiger partial charge in [-0.2, -0.15) is 5.26 Å². The van der Waals surface area contributed by atoms with Crippen LogP contribution in [0.15, 0.2) is 60.2 Å². The molecule has 0 aliphatic carbocycles. The molecular formula is C20H17FN2O3. The molecule has 2 aromatic rings. The van der Waals surface area contributed by atoms with Crippen molar-refractivity contribution < 1.29 is 19.0 Å². The van der Waals surface area contributed by atoms with Crippen LogP contribution in [0.3, 0.4) is 0 Å². The number of hydrogen-bond donors (Lipinski definition) is 2. The fourth-order valence-electron chi connectivity index (χ4n) is 2.10. The fraction of sp³-hybridized carbons (Fsp3) is 0.100. The molecule has 2 N–H and O–H groups in total. The number of halogens is 1. The van der Waals surface area contributed by atoms with Crippen LogP contribution in [0.1, 0.15) is 11.1 Å². The van der Waals surface area contributed by atoms with Gasteiger partial charge in [-0.1, -0.05) is 30.4 Å². The van der Waals surface area contributed by atoms with Gasteiger partial charge in [-0.05, 0) is 41.5 Å². The molecule has 0 unspecified atom stereocenters. The topological polar surface area (TPSA) is 82.3 Å². The van der Waals surface area contributed by atoms with Crippen molar-refractivity contribution in [2.45, 2.75) is 6.54 Å². The maximum Gasteiger partial charge on any atom is 0.262 e. The van der Waals surface area contributed by atoms with Gasteiger partial charge in [0.1, 0.15) is 17.5 Å². The van der Waals surface area contributed by atoms with E-state index in [2.05, 4.69) is 5.32 Å². The Labute approximate surface area is 150 Å². The number of allylic oxidation sites excluding steroid dienone is 2. The van der Waals surface area contributed by atoms with Crippen LogP contribution in [0, 0.1) is 17.1 Å². The number of nitrogens with one attached hydrogen (secondary N) is 1. The Morgan fingerprint density at radius 2 is 2.04 bits per heavy atom. The minimum atomic E-state index is -0.523. The highest BCUT2D eigenvalue weighted by atomic mass is 19.1. The molecule has 0 fully saturated rings. The number of phenols is 1. The highest BCUT2D eigenvalue weighted by Gasteiger charge is 2.07. The van der Waals surface area contributed by atoms with E-state index in [0.717, 1.165) is 11.1 Å². The number of nitrogens with zero attached hydrogens (tertiary/aromatic N) is 1. The molecule has 0 atom stereocenters. The zero-order valence-electron chi connectivity index (χ0n) is 14.1. The molecule has 0 saturated carbocycles. The van der Waals surface area contributed by atoms with E-state index in [9.17, 15) is 14.3 Å². The molecule has 132 valence electrons. The number of amides is 1. The van der Waals surface area contributed by atoms with E-state index in [4.69, 9.17) is 10.00 Å². The summed E-state index contributed by atoms with van der Waals surface area (Å²) in [5.41, 5.74) is 1.40. The molecule has 0 aliphatic heterocycles. The van der Waals surface area contributed by atoms with Gasteiger partial charge in [0.15, 0.2) is 11.5 Å². The van der Waals surface area contributed by atoms with Crippen molar-refractivity contribution in [2.75, 3.05) is 7.11 Å². The molecule has 1 amide bonds. The van der Waals surface area contributed by atoms with Crippen LogP contribution in [0.5, 0.6) is 11.5 Å². The van der Waals surface area contributed by atoms with E-state index in [1.807, 2.05) is 6.07 Å². The smallest absolute Gasteiger partial charge is 0.262 e. The predicted octanol–water partition coefficient (Wildman–Crippen LogP) is 3.32. The summed E-state index contributed by atoms with van der Waals surface area (Å²) in [4.78, 5) is 12.0. The molecule has 2 aromatic carbocycles. The quantitative estimate of drug-likeness (QED) is 0.475. The summed E-state index contributed by atoms with van der Waals surface area (Å²) < 4.78 is 17.9. The first-order valence-electron chi connectivity index (χ1n) is 7.71. The number of phenolic OH excluding ortho intramolecular Hbond substituents is 1. The largest absolute Gasteiger partial charge is 0.504 e. The van der Waals surface area contributed by atoms with Crippen LogP contribution < -0.4 is 10.1 Å². The lowest BCUT2D eigenvalue weighted by Crippen LogP contribution is -2.23. The van der Waals surface area contributed by atoms with Crippen LogP contribution in [-0.4, -0.2) is 18.1 Å². The van der Waals surface area contributed by atoms with E-state index < -0.39 is 5.91 Å². The summed E-state index contributed by atoms with van der Waals surface area (Å²) in [6.07, 6.45) is 4.62. The molecule has 5 nitrogen and oxygen atoms in total. The highest BCUT2D eigenvalue weighted by molar-refractivity contribution is 5.97. The van der Waals surface area contributed by atoms with Gasteiger partial charge in [0, 0.05) is 6.54 Å². The number of nitriles is 1. The summed E-state index contributed by atoms with van der Waals surface area (Å²) in [6.45, 7) is 0.191. The van der Waals surface area contributed by atoms with E-state index in [0.29, 0.717) is 5.75 Å². The van der Waals surface area contributed by atoms with Gasteiger partial charge >= 0.3 is 0 Å². The van der Waals surface area contributed by atoms with Gasteiger partial charge in [-0.15, -0.1) is 0 Å². The first kappa shape index (κ1) is 18.7. The molecular weight excluding hydrogens is 335 g/mol. The van der Waals surface area contributed by atoms with Crippen molar-refractivity contribution in [1.82, 2.24) is 5.32 Å². The molecule has 0 saturated heterocycles. The van der Waals surface area contributed by atoms with E-state index in [-0.39, 0.29) is 23.7 Å². The Morgan fingerprint density at radius 3 is 2.69 bits per heavy atom. The summed E-state index contributed by atoms with van der Waals surface area (Å²) in [5.74, 6) is -0.523. The lowest BCUT2D eigenvalue weighted by atomic mass is 10.1. The molecule has 0 radical (unpaired) electrons. The van der Waals surface area contributed by atoms with Crippen LogP contribution in [0.25, 0.3) is 6.08 Å². The average Bonchev–Trinajstić information content (AvgIpc) is 2.65. The third kappa shape index (κ3) is 5.21. The standard InChI is InChI=1S/C20H17FN2O3/c1-26-19-11-14(7-10-18(19)24)3-2-4-16(12-22)20(25)23-13-15-5-8-17(21)9-6-15/h2-11,24H,13H2,1H3,(H,23,25)/b3-2+,16-4+. The number of rotatable bonds is 6. The first-order chi connectivity index (χ1) is 12.5. The van der Waals surface area contributed by atoms with Gasteiger partial charge < -0.3 is 15.2 Å². The molecule has 0 spiro atoms. The molecule has 6 heteroatoms. The number of benzene rings is 2. The zero-order chi connectivity index (χ0) is 18.9. The highest BCUT2D eigenvalue weighted by Crippen LogP contribution is 2.26. The van der Waals surface area contributed by atoms with Crippen molar-refractivity contribution in [3.05, 3.63) is 77.1 Å². The summed E-state index contributed by atoms with van der Waals surface area (Å²) in [7, 11) is 1.45. The SMILES string of the molecule is COc1cc(/C=C/C=C(\C#N)C(=O)NCc2ccc(F)cc2)ccc1O. The Balaban J connectivity index is 2.01. The maximum absolute atomic E-state index is 12.8. The molecule has 0 aliphatic rings. The van der Waals surface area contributed by atoms with E-state index in [1.165, 1.54) is 31.4 Å². The second-order valence-electron chi connectivity index (χ2n) is 5.29. The van der Waals surface area contributed by atoms with Crippen molar-refractivity contribution in [3.63, 3.8) is 0 Å². The van der Waals surface area contributed by atoms with Crippen molar-refractivity contribution in [3.8, 4) is 17.6 Å². The van der Waals surface area contributed by atoms with Gasteiger partial charge in [-0.3, -0.25) is 4.79 Å². The third-order valence-electron chi connectivity index (χ3n) is 3.49. The average molecular weight is 352 g/mol. The van der Waals surface area contributed by atoms with Gasteiger partial charge in [0.05, 0.1) is 7.11 Å². The molecule has 0 aromatic heterocycles. The summed E-state index contributed by atoms with van der Waals surface area (Å²) in [5, 5.41) is 21.3. The Hall–Kier alpha value is -3.59. The number of aromatic hydroxyl groups is 1. The van der Waals surface area contributed by atoms with E-state index in [1.54, 1.807) is 36.4 Å². The minimum absolute atomic E-state index is 0.0260. The Morgan fingerprint density at radius 1 is 1.31 bits per heavy atom. The lowest BCUT2D eigenvalue weighted by molar-refractivity contribution is -0.117. The minimum Gasteiger partial charge on any atom is -0.504 e. The molecule has 0 heterocycles. The molecule has 26 heavy (non-hydrogen) atoms. The lowest BCUT2D eigenvalue weighted by Gasteiger charge is -2.04. The Kier molecular flexibility index (Phi) is 6.52. The summed E-state index contributed by atoms with van der Waals surface area (Å²) in [6, 6.07) is 12.3. The third-order valence-corrected chi connectivity index (χ3v) is 3.49. The number of ether oxygens (including phenoxy) is 1. The van der Waals surface area contributed by atoms with Gasteiger partial charge in [0.2, 0.25) is 0 Å². The second kappa shape index (κ2) is 9.04. The monoisotopic (exact) mass is 352 g/mol. The molecule has 0 bridgehead atoms. The number of carbonyl (C=O) groups is 1. The first-order valence-corrected chi connectivity index (χ1v) is 7.71. The van der Waals surface area contributed by atoms with Crippen molar-refractivity contribution >= 4 is 12.0 Å². The number of methoxy groups -OCH3 is 1. The number of carbonyl (C=O) groups excluding carboxylic acids is 1. The van der Waals surface area contributed by atoms with Gasteiger partial charge in [-0.25, -0.2) is 4.39 Å². The fourth-order valence-corrected chi connectivity index (χ4v) is 2.10. The number of hydrogen-bond acceptors (Lipinski definition) is 4. The molecule has 2 rings (SSSR count). The zero-order valence-corrected chi connectivity index (χ0v) is 14.1. The van der Waals surface area contributed by atoms with Crippen LogP contribution in [-0.2, 0) is 11.3 Å². The van der Waals surface area contributed by atoms with Crippen LogP contribution in [0.2, 0.25) is 0 Å². The van der Waals surface area contributed by atoms with Crippen molar-refractivity contribution in [2.24, 2.45) is 0 Å². The van der Waals surface area contributed by atoms with Crippen molar-refractivity contribution in [1.29, 1.82) is 5.26 Å². The van der Waals surface area contributed by atoms with Crippen LogP contribution in [0.4, 0.5) is 4.39 Å².